The number of hydrogen-bond donors (Lipinski definition) is 1. The zero-order valence-corrected chi connectivity index (χ0v) is 8.32. The van der Waals surface area contributed by atoms with Gasteiger partial charge in [0.25, 0.3) is 0 Å². The molecule has 0 radical (unpaired) electrons. The minimum Gasteiger partial charge on any atom is -0.364 e. The summed E-state index contributed by atoms with van der Waals surface area (Å²) in [5.41, 5.74) is 2.00. The van der Waals surface area contributed by atoms with Crippen molar-refractivity contribution >= 4 is 0 Å². The van der Waals surface area contributed by atoms with Crippen LogP contribution in [-0.2, 0) is 4.74 Å². The fraction of sp³-hybridized carbons (Fsp3) is 0.455. The van der Waals surface area contributed by atoms with Gasteiger partial charge in [0.2, 0.25) is 0 Å². The first-order valence-corrected chi connectivity index (χ1v) is 4.46. The van der Waals surface area contributed by atoms with Gasteiger partial charge in [-0.2, -0.15) is 0 Å². The van der Waals surface area contributed by atoms with Crippen molar-refractivity contribution in [2.45, 2.75) is 26.1 Å². The zero-order valence-electron chi connectivity index (χ0n) is 8.32. The summed E-state index contributed by atoms with van der Waals surface area (Å²) in [6.45, 7) is 4.20. The van der Waals surface area contributed by atoms with Crippen molar-refractivity contribution in [3.05, 3.63) is 35.4 Å². The van der Waals surface area contributed by atoms with Gasteiger partial charge in [-0.3, -0.25) is 0 Å². The number of ether oxygens (including phenoxy) is 1. The molecule has 0 aliphatic rings. The first-order valence-electron chi connectivity index (χ1n) is 4.46. The molecule has 0 aromatic heterocycles. The maximum Gasteiger partial charge on any atom is 0.181 e. The molecular formula is C11H16O2. The van der Waals surface area contributed by atoms with Crippen molar-refractivity contribution in [3.63, 3.8) is 0 Å². The van der Waals surface area contributed by atoms with Crippen molar-refractivity contribution in [2.24, 2.45) is 0 Å². The molecule has 0 aliphatic carbocycles. The molecule has 1 aromatic rings. The van der Waals surface area contributed by atoms with E-state index in [0.717, 1.165) is 11.1 Å². The minimum absolute atomic E-state index is 0.404. The van der Waals surface area contributed by atoms with E-state index >= 15 is 0 Å². The molecule has 72 valence electrons. The summed E-state index contributed by atoms with van der Waals surface area (Å²) in [4.78, 5) is 0. The summed E-state index contributed by atoms with van der Waals surface area (Å²) in [5.74, 6) is 0.404. The third kappa shape index (κ3) is 2.29. The SMILES string of the molecule is COC(O)c1ccccc1C(C)C. The summed E-state index contributed by atoms with van der Waals surface area (Å²) in [6, 6.07) is 7.79. The normalized spacial score (nSPS) is 13.3. The third-order valence-corrected chi connectivity index (χ3v) is 2.11. The van der Waals surface area contributed by atoms with Gasteiger partial charge in [-0.1, -0.05) is 38.1 Å². The molecule has 0 saturated carbocycles. The summed E-state index contributed by atoms with van der Waals surface area (Å²) >= 11 is 0. The molecule has 0 spiro atoms. The Morgan fingerprint density at radius 3 is 2.15 bits per heavy atom. The molecule has 2 nitrogen and oxygen atoms in total. The highest BCUT2D eigenvalue weighted by atomic mass is 16.6. The van der Waals surface area contributed by atoms with Crippen LogP contribution in [0.25, 0.3) is 0 Å². The lowest BCUT2D eigenvalue weighted by atomic mass is 9.97. The molecule has 0 amide bonds. The average molecular weight is 180 g/mol. The average Bonchev–Trinajstić information content (AvgIpc) is 2.16. The van der Waals surface area contributed by atoms with E-state index in [2.05, 4.69) is 13.8 Å². The second-order valence-electron chi connectivity index (χ2n) is 3.37. The van der Waals surface area contributed by atoms with Gasteiger partial charge in [-0.25, -0.2) is 0 Å². The highest BCUT2D eigenvalue weighted by molar-refractivity contribution is 5.30. The first-order chi connectivity index (χ1) is 6.16. The van der Waals surface area contributed by atoms with E-state index in [4.69, 9.17) is 4.74 Å². The Morgan fingerprint density at radius 1 is 1.15 bits per heavy atom. The van der Waals surface area contributed by atoms with E-state index < -0.39 is 6.29 Å². The van der Waals surface area contributed by atoms with E-state index in [-0.39, 0.29) is 0 Å². The van der Waals surface area contributed by atoms with Crippen LogP contribution in [0.1, 0.15) is 37.2 Å². The maximum absolute atomic E-state index is 9.54. The van der Waals surface area contributed by atoms with Crippen LogP contribution in [0.3, 0.4) is 0 Å². The topological polar surface area (TPSA) is 29.5 Å². The molecule has 0 fully saturated rings. The van der Waals surface area contributed by atoms with E-state index in [1.807, 2.05) is 24.3 Å². The van der Waals surface area contributed by atoms with Gasteiger partial charge < -0.3 is 9.84 Å². The number of rotatable bonds is 3. The molecule has 1 unspecified atom stereocenters. The van der Waals surface area contributed by atoms with Crippen molar-refractivity contribution in [1.82, 2.24) is 0 Å². The Labute approximate surface area is 79.2 Å². The van der Waals surface area contributed by atoms with E-state index in [0.29, 0.717) is 5.92 Å². The largest absolute Gasteiger partial charge is 0.364 e. The number of aliphatic hydroxyl groups excluding tert-OH is 1. The van der Waals surface area contributed by atoms with Gasteiger partial charge in [0.05, 0.1) is 0 Å². The molecule has 13 heavy (non-hydrogen) atoms. The Hall–Kier alpha value is -0.860. The Balaban J connectivity index is 3.04. The number of aliphatic hydroxyl groups is 1. The van der Waals surface area contributed by atoms with Gasteiger partial charge in [0.1, 0.15) is 0 Å². The van der Waals surface area contributed by atoms with Crippen LogP contribution in [0.5, 0.6) is 0 Å². The first kappa shape index (κ1) is 10.2. The van der Waals surface area contributed by atoms with E-state index in [1.165, 1.54) is 7.11 Å². The molecule has 1 N–H and O–H groups in total. The van der Waals surface area contributed by atoms with Gasteiger partial charge >= 0.3 is 0 Å². The van der Waals surface area contributed by atoms with Crippen LogP contribution in [-0.4, -0.2) is 12.2 Å². The second kappa shape index (κ2) is 4.40. The van der Waals surface area contributed by atoms with Crippen molar-refractivity contribution in [3.8, 4) is 0 Å². The Morgan fingerprint density at radius 2 is 1.69 bits per heavy atom. The van der Waals surface area contributed by atoms with Crippen LogP contribution in [0, 0.1) is 0 Å². The Bertz CT molecular complexity index is 269. The fourth-order valence-electron chi connectivity index (χ4n) is 1.39. The molecular weight excluding hydrogens is 164 g/mol. The zero-order chi connectivity index (χ0) is 9.84. The highest BCUT2D eigenvalue weighted by Gasteiger charge is 2.12. The van der Waals surface area contributed by atoms with Crippen LogP contribution in [0.2, 0.25) is 0 Å². The summed E-state index contributed by atoms with van der Waals surface area (Å²) in [5, 5.41) is 9.54. The predicted octanol–water partition coefficient (Wildman–Crippen LogP) is 2.45. The Kier molecular flexibility index (Phi) is 3.46. The molecule has 1 aromatic carbocycles. The van der Waals surface area contributed by atoms with Crippen molar-refractivity contribution in [2.75, 3.05) is 7.11 Å². The second-order valence-corrected chi connectivity index (χ2v) is 3.37. The third-order valence-electron chi connectivity index (χ3n) is 2.11. The van der Waals surface area contributed by atoms with Crippen LogP contribution in [0.15, 0.2) is 24.3 Å². The van der Waals surface area contributed by atoms with Crippen LogP contribution in [0.4, 0.5) is 0 Å². The fourth-order valence-corrected chi connectivity index (χ4v) is 1.39. The molecule has 0 saturated heterocycles. The lowest BCUT2D eigenvalue weighted by molar-refractivity contribution is -0.0776. The van der Waals surface area contributed by atoms with E-state index in [9.17, 15) is 5.11 Å². The van der Waals surface area contributed by atoms with Crippen LogP contribution >= 0.6 is 0 Å². The van der Waals surface area contributed by atoms with Crippen LogP contribution < -0.4 is 0 Å². The highest BCUT2D eigenvalue weighted by Crippen LogP contribution is 2.24. The molecule has 0 heterocycles. The number of benzene rings is 1. The quantitative estimate of drug-likeness (QED) is 0.724. The molecule has 0 aliphatic heterocycles. The predicted molar refractivity (Wildman–Crippen MR) is 52.5 cm³/mol. The number of methoxy groups -OCH3 is 1. The maximum atomic E-state index is 9.54. The van der Waals surface area contributed by atoms with Gasteiger partial charge in [0.15, 0.2) is 6.29 Å². The lowest BCUT2D eigenvalue weighted by Crippen LogP contribution is -2.04. The standard InChI is InChI=1S/C11H16O2/c1-8(2)9-6-4-5-7-10(9)11(12)13-3/h4-8,11-12H,1-3H3. The van der Waals surface area contributed by atoms with E-state index in [1.54, 1.807) is 0 Å². The van der Waals surface area contributed by atoms with Gasteiger partial charge in [0, 0.05) is 12.7 Å². The smallest absolute Gasteiger partial charge is 0.181 e. The number of hydrogen-bond acceptors (Lipinski definition) is 2. The summed E-state index contributed by atoms with van der Waals surface area (Å²) < 4.78 is 4.88. The minimum atomic E-state index is -0.807. The van der Waals surface area contributed by atoms with Crippen molar-refractivity contribution in [1.29, 1.82) is 0 Å². The molecule has 0 bridgehead atoms. The monoisotopic (exact) mass is 180 g/mol. The van der Waals surface area contributed by atoms with Crippen molar-refractivity contribution < 1.29 is 9.84 Å². The molecule has 1 atom stereocenters. The molecule has 1 rings (SSSR count). The summed E-state index contributed by atoms with van der Waals surface area (Å²) in [6.07, 6.45) is -0.807. The molecule has 2 heteroatoms. The lowest BCUT2D eigenvalue weighted by Gasteiger charge is -2.16. The summed E-state index contributed by atoms with van der Waals surface area (Å²) in [7, 11) is 1.50. The van der Waals surface area contributed by atoms with Gasteiger partial charge in [-0.05, 0) is 11.5 Å². The van der Waals surface area contributed by atoms with Gasteiger partial charge in [-0.15, -0.1) is 0 Å².